The van der Waals surface area contributed by atoms with Crippen LogP contribution in [0.25, 0.3) is 0 Å². The highest BCUT2D eigenvalue weighted by molar-refractivity contribution is 6.93. The molecule has 1 unspecified atom stereocenters. The fraction of sp³-hybridized carbons (Fsp3) is 0.192. The van der Waals surface area contributed by atoms with E-state index in [0.717, 1.165) is 16.9 Å². The van der Waals surface area contributed by atoms with Gasteiger partial charge in [-0.15, -0.1) is 0 Å². The van der Waals surface area contributed by atoms with Crippen molar-refractivity contribution in [3.63, 3.8) is 0 Å². The number of rotatable bonds is 8. The number of para-hydroxylation sites is 1. The molecule has 0 saturated heterocycles. The van der Waals surface area contributed by atoms with Crippen LogP contribution in [0.2, 0.25) is 13.1 Å². The van der Waals surface area contributed by atoms with E-state index in [2.05, 4.69) is 54.5 Å². The molecule has 0 aromatic heterocycles. The molecule has 1 N–H and O–H groups in total. The topological polar surface area (TPSA) is 47.6 Å². The van der Waals surface area contributed by atoms with Gasteiger partial charge >= 0.3 is 6.09 Å². The van der Waals surface area contributed by atoms with E-state index in [4.69, 9.17) is 9.47 Å². The molecule has 3 aromatic rings. The highest BCUT2D eigenvalue weighted by Crippen LogP contribution is 2.26. The van der Waals surface area contributed by atoms with Crippen LogP contribution in [0, 0.1) is 0 Å². The van der Waals surface area contributed by atoms with Crippen LogP contribution in [0.1, 0.15) is 17.2 Å². The summed E-state index contributed by atoms with van der Waals surface area (Å²) in [7, 11) is -0.203. The Kier molecular flexibility index (Phi) is 7.68. The second-order valence-corrected chi connectivity index (χ2v) is 12.2. The number of methoxy groups -OCH3 is 1. The standard InChI is InChI=1S/C26H29NO3Si/c1-29-25-17-11-10-16-23(25)24(18-19-31(2,3)22-14-8-5-9-15-22)27-26(28)30-20-21-12-6-4-7-13-21/h4-19,24H,20H2,1-3H3,(H,27,28)/b19-18+. The van der Waals surface area contributed by atoms with Crippen LogP contribution in [-0.2, 0) is 11.3 Å². The Morgan fingerprint density at radius 2 is 1.55 bits per heavy atom. The summed E-state index contributed by atoms with van der Waals surface area (Å²) < 4.78 is 11.0. The third kappa shape index (κ3) is 6.33. The molecule has 0 bridgehead atoms. The van der Waals surface area contributed by atoms with Gasteiger partial charge in [0.05, 0.1) is 13.2 Å². The Labute approximate surface area is 185 Å². The molecular weight excluding hydrogens is 402 g/mol. The molecule has 31 heavy (non-hydrogen) atoms. The Balaban J connectivity index is 1.80. The van der Waals surface area contributed by atoms with Crippen LogP contribution in [0.3, 0.4) is 0 Å². The number of nitrogens with one attached hydrogen (secondary N) is 1. The largest absolute Gasteiger partial charge is 0.496 e. The first-order valence-corrected chi connectivity index (χ1v) is 13.4. The molecule has 0 fully saturated rings. The fourth-order valence-corrected chi connectivity index (χ4v) is 5.26. The maximum absolute atomic E-state index is 12.6. The van der Waals surface area contributed by atoms with Gasteiger partial charge in [-0.25, -0.2) is 4.79 Å². The van der Waals surface area contributed by atoms with Gasteiger partial charge in [-0.1, -0.05) is 109 Å². The van der Waals surface area contributed by atoms with Crippen LogP contribution in [0.4, 0.5) is 4.79 Å². The molecule has 160 valence electrons. The normalized spacial score (nSPS) is 12.4. The first-order valence-electron chi connectivity index (χ1n) is 10.3. The van der Waals surface area contributed by atoms with Crippen LogP contribution in [0.5, 0.6) is 5.75 Å². The van der Waals surface area contributed by atoms with Crippen LogP contribution in [0.15, 0.2) is 96.7 Å². The maximum Gasteiger partial charge on any atom is 0.408 e. The highest BCUT2D eigenvalue weighted by Gasteiger charge is 2.22. The molecule has 1 atom stereocenters. The van der Waals surface area contributed by atoms with Gasteiger partial charge in [-0.2, -0.15) is 0 Å². The quantitative estimate of drug-likeness (QED) is 0.488. The Bertz CT molecular complexity index is 1000. The Morgan fingerprint density at radius 1 is 0.935 bits per heavy atom. The van der Waals surface area contributed by atoms with Crippen molar-refractivity contribution in [2.24, 2.45) is 0 Å². The third-order valence-corrected chi connectivity index (χ3v) is 8.03. The van der Waals surface area contributed by atoms with Gasteiger partial charge in [-0.05, 0) is 11.6 Å². The monoisotopic (exact) mass is 431 g/mol. The predicted octanol–water partition coefficient (Wildman–Crippen LogP) is 5.37. The third-order valence-electron chi connectivity index (χ3n) is 5.18. The van der Waals surface area contributed by atoms with E-state index in [0.29, 0.717) is 0 Å². The molecule has 0 heterocycles. The second-order valence-electron chi connectivity index (χ2n) is 7.87. The van der Waals surface area contributed by atoms with Gasteiger partial charge in [0.2, 0.25) is 0 Å². The van der Waals surface area contributed by atoms with Crippen LogP contribution < -0.4 is 15.2 Å². The number of amides is 1. The van der Waals surface area contributed by atoms with Crippen molar-refractivity contribution in [3.05, 3.63) is 108 Å². The summed E-state index contributed by atoms with van der Waals surface area (Å²) in [5.74, 6) is 0.722. The van der Waals surface area contributed by atoms with E-state index >= 15 is 0 Å². The lowest BCUT2D eigenvalue weighted by Crippen LogP contribution is -2.39. The van der Waals surface area contributed by atoms with Gasteiger partial charge in [0.1, 0.15) is 20.4 Å². The predicted molar refractivity (Wildman–Crippen MR) is 128 cm³/mol. The zero-order valence-electron chi connectivity index (χ0n) is 18.2. The lowest BCUT2D eigenvalue weighted by atomic mass is 10.1. The number of hydrogen-bond donors (Lipinski definition) is 1. The summed E-state index contributed by atoms with van der Waals surface area (Å²) in [6.45, 7) is 4.79. The molecule has 0 aliphatic rings. The number of alkyl carbamates (subject to hydrolysis) is 1. The number of ether oxygens (including phenoxy) is 2. The van der Waals surface area contributed by atoms with Gasteiger partial charge in [-0.3, -0.25) is 0 Å². The first-order chi connectivity index (χ1) is 15.0. The zero-order valence-corrected chi connectivity index (χ0v) is 19.2. The van der Waals surface area contributed by atoms with Crippen molar-refractivity contribution in [2.45, 2.75) is 25.7 Å². The number of benzene rings is 3. The fourth-order valence-electron chi connectivity index (χ4n) is 3.35. The summed E-state index contributed by atoms with van der Waals surface area (Å²) >= 11 is 0. The number of carbonyl (C=O) groups is 1. The van der Waals surface area contributed by atoms with E-state index in [-0.39, 0.29) is 12.6 Å². The molecule has 0 aliphatic carbocycles. The molecule has 5 heteroatoms. The minimum atomic E-state index is -1.84. The second kappa shape index (κ2) is 10.6. The van der Waals surface area contributed by atoms with Crippen molar-refractivity contribution in [1.29, 1.82) is 0 Å². The first kappa shape index (κ1) is 22.4. The average molecular weight is 432 g/mol. The van der Waals surface area contributed by atoms with Crippen molar-refractivity contribution in [1.82, 2.24) is 5.32 Å². The maximum atomic E-state index is 12.6. The summed E-state index contributed by atoms with van der Waals surface area (Å²) in [5, 5.41) is 4.33. The summed E-state index contributed by atoms with van der Waals surface area (Å²) in [5.41, 5.74) is 4.08. The van der Waals surface area contributed by atoms with Crippen LogP contribution >= 0.6 is 0 Å². The minimum Gasteiger partial charge on any atom is -0.496 e. The lowest BCUT2D eigenvalue weighted by molar-refractivity contribution is 0.137. The van der Waals surface area contributed by atoms with Crippen molar-refractivity contribution < 1.29 is 14.3 Å². The SMILES string of the molecule is COc1ccccc1C(/C=C/[Si](C)(C)c1ccccc1)NC(=O)OCc1ccccc1. The molecule has 3 rings (SSSR count). The molecular formula is C26H29NO3Si. The summed E-state index contributed by atoms with van der Waals surface area (Å²) in [4.78, 5) is 12.6. The minimum absolute atomic E-state index is 0.222. The van der Waals surface area contributed by atoms with Crippen LogP contribution in [-0.4, -0.2) is 21.3 Å². The highest BCUT2D eigenvalue weighted by atomic mass is 28.3. The van der Waals surface area contributed by atoms with Gasteiger partial charge in [0.15, 0.2) is 0 Å². The van der Waals surface area contributed by atoms with Crippen molar-refractivity contribution in [3.8, 4) is 5.75 Å². The Morgan fingerprint density at radius 3 is 2.23 bits per heavy atom. The molecule has 0 aliphatic heterocycles. The molecule has 4 nitrogen and oxygen atoms in total. The zero-order chi connectivity index (χ0) is 22.1. The van der Waals surface area contributed by atoms with Crippen molar-refractivity contribution >= 4 is 19.4 Å². The Hall–Kier alpha value is -3.31. The van der Waals surface area contributed by atoms with E-state index < -0.39 is 14.2 Å². The molecule has 0 radical (unpaired) electrons. The van der Waals surface area contributed by atoms with Gasteiger partial charge in [0, 0.05) is 5.56 Å². The van der Waals surface area contributed by atoms with E-state index in [1.165, 1.54) is 5.19 Å². The molecule has 0 spiro atoms. The lowest BCUT2D eigenvalue weighted by Gasteiger charge is -2.22. The number of hydrogen-bond acceptors (Lipinski definition) is 3. The van der Waals surface area contributed by atoms with Crippen molar-refractivity contribution in [2.75, 3.05) is 7.11 Å². The summed E-state index contributed by atoms with van der Waals surface area (Å²) in [6.07, 6.45) is 1.59. The van der Waals surface area contributed by atoms with E-state index in [9.17, 15) is 4.79 Å². The molecule has 3 aromatic carbocycles. The average Bonchev–Trinajstić information content (AvgIpc) is 2.81. The molecule has 1 amide bonds. The summed E-state index contributed by atoms with van der Waals surface area (Å²) in [6, 6.07) is 27.5. The van der Waals surface area contributed by atoms with Gasteiger partial charge in [0.25, 0.3) is 0 Å². The van der Waals surface area contributed by atoms with E-state index in [1.54, 1.807) is 7.11 Å². The van der Waals surface area contributed by atoms with Gasteiger partial charge < -0.3 is 14.8 Å². The number of carbonyl (C=O) groups excluding carboxylic acids is 1. The smallest absolute Gasteiger partial charge is 0.408 e. The van der Waals surface area contributed by atoms with E-state index in [1.807, 2.05) is 60.7 Å². The molecule has 0 saturated carbocycles.